The monoisotopic (exact) mass is 495 g/mol. The Kier molecular flexibility index (Phi) is 9.20. The van der Waals surface area contributed by atoms with E-state index in [2.05, 4.69) is 55.5 Å². The van der Waals surface area contributed by atoms with Crippen LogP contribution in [0.25, 0.3) is 21.9 Å². The first kappa shape index (κ1) is 26.3. The van der Waals surface area contributed by atoms with E-state index >= 15 is 0 Å². The van der Waals surface area contributed by atoms with Crippen LogP contribution in [0.3, 0.4) is 0 Å². The van der Waals surface area contributed by atoms with Crippen LogP contribution in [0, 0.1) is 5.41 Å². The number of rotatable bonds is 13. The summed E-state index contributed by atoms with van der Waals surface area (Å²) in [6.07, 6.45) is 5.84. The molecule has 0 aliphatic carbocycles. The van der Waals surface area contributed by atoms with E-state index in [1.54, 1.807) is 14.2 Å². The van der Waals surface area contributed by atoms with Crippen molar-refractivity contribution in [1.82, 2.24) is 0 Å². The number of methoxy groups -OCH3 is 2. The van der Waals surface area contributed by atoms with Gasteiger partial charge in [0.2, 0.25) is 0 Å². The third kappa shape index (κ3) is 6.91. The molecule has 192 valence electrons. The molecule has 1 N–H and O–H groups in total. The van der Waals surface area contributed by atoms with Crippen LogP contribution in [0.1, 0.15) is 50.2 Å². The average Bonchev–Trinajstić information content (AvgIpc) is 2.94. The summed E-state index contributed by atoms with van der Waals surface area (Å²) in [5, 5.41) is 10.5. The van der Waals surface area contributed by atoms with Gasteiger partial charge < -0.3 is 19.6 Å². The van der Waals surface area contributed by atoms with Crippen molar-refractivity contribution in [2.75, 3.05) is 20.8 Å². The van der Waals surface area contributed by atoms with Crippen LogP contribution in [0.15, 0.2) is 78.9 Å². The van der Waals surface area contributed by atoms with E-state index in [-0.39, 0.29) is 0 Å². The molecule has 0 spiro atoms. The topological polar surface area (TPSA) is 51.5 Å². The van der Waals surface area contributed by atoms with Crippen molar-refractivity contribution in [3.05, 3.63) is 90.0 Å². The quantitative estimate of drug-likeness (QED) is 0.149. The fourth-order valence-corrected chi connectivity index (χ4v) is 4.64. The zero-order valence-corrected chi connectivity index (χ0v) is 22.2. The number of benzene rings is 4. The highest BCUT2D eigenvalue weighted by atomic mass is 16.5. The Morgan fingerprint density at radius 3 is 2.14 bits per heavy atom. The van der Waals surface area contributed by atoms with Crippen LogP contribution in [0.2, 0.25) is 0 Å². The van der Waals surface area contributed by atoms with Gasteiger partial charge in [0.25, 0.3) is 0 Å². The lowest BCUT2D eigenvalue weighted by Gasteiger charge is -2.15. The smallest absolute Gasteiger partial charge is 0.119 e. The summed E-state index contributed by atoms with van der Waals surface area (Å²) in [6, 6.07) is 27.2. The molecule has 0 atom stereocenters. The largest absolute Gasteiger partial charge is 0.497 e. The molecule has 0 aromatic heterocycles. The van der Waals surface area contributed by atoms with Gasteiger partial charge in [0.05, 0.1) is 20.8 Å². The minimum Gasteiger partial charge on any atom is -0.497 e. The van der Waals surface area contributed by atoms with Crippen LogP contribution < -0.4 is 14.2 Å². The van der Waals surface area contributed by atoms with Crippen molar-refractivity contribution in [3.8, 4) is 28.4 Å². The molecule has 0 saturated carbocycles. The molecule has 0 aliphatic rings. The molecule has 4 rings (SSSR count). The van der Waals surface area contributed by atoms with Crippen molar-refractivity contribution >= 4 is 16.5 Å². The summed E-state index contributed by atoms with van der Waals surface area (Å²) >= 11 is 0. The Bertz CT molecular complexity index is 1310. The lowest BCUT2D eigenvalue weighted by atomic mass is 9.90. The van der Waals surface area contributed by atoms with Gasteiger partial charge >= 0.3 is 0 Å². The molecular formula is C33H37NO3. The summed E-state index contributed by atoms with van der Waals surface area (Å²) < 4.78 is 16.8. The van der Waals surface area contributed by atoms with Gasteiger partial charge in [0, 0.05) is 12.1 Å². The first-order valence-corrected chi connectivity index (χ1v) is 13.1. The van der Waals surface area contributed by atoms with E-state index < -0.39 is 0 Å². The lowest BCUT2D eigenvalue weighted by molar-refractivity contribution is 0.328. The molecule has 0 saturated heterocycles. The second-order valence-corrected chi connectivity index (χ2v) is 9.39. The zero-order valence-electron chi connectivity index (χ0n) is 22.2. The van der Waals surface area contributed by atoms with E-state index in [0.29, 0.717) is 13.0 Å². The lowest BCUT2D eigenvalue weighted by Crippen LogP contribution is -2.05. The minimum atomic E-state index is 0.553. The third-order valence-electron chi connectivity index (χ3n) is 6.80. The van der Waals surface area contributed by atoms with E-state index in [9.17, 15) is 0 Å². The normalized spacial score (nSPS) is 10.9. The van der Waals surface area contributed by atoms with Gasteiger partial charge in [-0.05, 0) is 88.7 Å². The molecule has 4 nitrogen and oxygen atoms in total. The first-order valence-electron chi connectivity index (χ1n) is 13.1. The van der Waals surface area contributed by atoms with E-state index in [4.69, 9.17) is 19.6 Å². The molecule has 4 aromatic carbocycles. The van der Waals surface area contributed by atoms with Crippen LogP contribution in [-0.2, 0) is 6.42 Å². The molecule has 0 heterocycles. The molecule has 0 bridgehead atoms. The average molecular weight is 496 g/mol. The number of hydrogen-bond acceptors (Lipinski definition) is 4. The van der Waals surface area contributed by atoms with Crippen LogP contribution in [-0.4, -0.2) is 26.5 Å². The van der Waals surface area contributed by atoms with Crippen molar-refractivity contribution in [2.45, 2.75) is 45.4 Å². The maximum absolute atomic E-state index is 8.10. The molecule has 0 unspecified atom stereocenters. The van der Waals surface area contributed by atoms with E-state index in [0.717, 1.165) is 53.2 Å². The number of ether oxygens (including phenoxy) is 3. The molecule has 0 aliphatic heterocycles. The Labute approximate surface area is 220 Å². The summed E-state index contributed by atoms with van der Waals surface area (Å²) in [6.45, 7) is 2.74. The molecular weight excluding hydrogens is 458 g/mol. The first-order chi connectivity index (χ1) is 18.1. The standard InChI is InChI=1S/C33H37NO3/c1-4-5-6-7-27(34)20-21-37-29-13-8-24(9-14-29)22-33-31(25-10-15-28(35-2)16-11-25)18-12-26-23-30(36-3)17-19-32(26)33/h8-19,23,34H,4-7,20-22H2,1-3H3. The maximum atomic E-state index is 8.10. The summed E-state index contributed by atoms with van der Waals surface area (Å²) in [7, 11) is 3.39. The summed E-state index contributed by atoms with van der Waals surface area (Å²) in [5.74, 6) is 2.56. The van der Waals surface area contributed by atoms with E-state index in [1.807, 2.05) is 30.3 Å². The minimum absolute atomic E-state index is 0.553. The summed E-state index contributed by atoms with van der Waals surface area (Å²) in [5.41, 5.74) is 5.65. The molecule has 0 radical (unpaired) electrons. The second kappa shape index (κ2) is 13.0. The van der Waals surface area contributed by atoms with Crippen molar-refractivity contribution in [3.63, 3.8) is 0 Å². The maximum Gasteiger partial charge on any atom is 0.119 e. The Morgan fingerprint density at radius 2 is 1.43 bits per heavy atom. The number of fused-ring (bicyclic) bond motifs is 1. The SMILES string of the molecule is CCCCCC(=N)CCOc1ccc(Cc2c(-c3ccc(OC)cc3)ccc3cc(OC)ccc23)cc1. The van der Waals surface area contributed by atoms with Gasteiger partial charge in [0.1, 0.15) is 17.2 Å². The number of unbranched alkanes of at least 4 members (excludes halogenated alkanes) is 2. The number of hydrogen-bond donors (Lipinski definition) is 1. The Morgan fingerprint density at radius 1 is 0.730 bits per heavy atom. The zero-order chi connectivity index (χ0) is 26.0. The Hall–Kier alpha value is -3.79. The van der Waals surface area contributed by atoms with Gasteiger partial charge in [-0.1, -0.05) is 62.2 Å². The highest BCUT2D eigenvalue weighted by Crippen LogP contribution is 2.34. The van der Waals surface area contributed by atoms with Crippen LogP contribution >= 0.6 is 0 Å². The fraction of sp³-hybridized carbons (Fsp3) is 0.303. The summed E-state index contributed by atoms with van der Waals surface area (Å²) in [4.78, 5) is 0. The van der Waals surface area contributed by atoms with Gasteiger partial charge in [-0.15, -0.1) is 0 Å². The third-order valence-corrected chi connectivity index (χ3v) is 6.80. The fourth-order valence-electron chi connectivity index (χ4n) is 4.64. The Balaban J connectivity index is 1.53. The molecule has 4 aromatic rings. The molecule has 37 heavy (non-hydrogen) atoms. The van der Waals surface area contributed by atoms with Gasteiger partial charge in [-0.25, -0.2) is 0 Å². The van der Waals surface area contributed by atoms with Crippen LogP contribution in [0.5, 0.6) is 17.2 Å². The van der Waals surface area contributed by atoms with Crippen LogP contribution in [0.4, 0.5) is 0 Å². The van der Waals surface area contributed by atoms with Crippen molar-refractivity contribution < 1.29 is 14.2 Å². The van der Waals surface area contributed by atoms with Crippen molar-refractivity contribution in [2.24, 2.45) is 0 Å². The van der Waals surface area contributed by atoms with Gasteiger partial charge in [-0.2, -0.15) is 0 Å². The second-order valence-electron chi connectivity index (χ2n) is 9.39. The predicted octanol–water partition coefficient (Wildman–Crippen LogP) is 8.48. The van der Waals surface area contributed by atoms with Gasteiger partial charge in [-0.3, -0.25) is 0 Å². The van der Waals surface area contributed by atoms with Crippen molar-refractivity contribution in [1.29, 1.82) is 5.41 Å². The molecule has 0 amide bonds. The van der Waals surface area contributed by atoms with Gasteiger partial charge in [0.15, 0.2) is 0 Å². The molecule has 0 fully saturated rings. The number of nitrogens with one attached hydrogen (secondary N) is 1. The highest BCUT2D eigenvalue weighted by molar-refractivity contribution is 5.93. The van der Waals surface area contributed by atoms with E-state index in [1.165, 1.54) is 34.9 Å². The highest BCUT2D eigenvalue weighted by Gasteiger charge is 2.12. The molecule has 4 heteroatoms. The predicted molar refractivity (Wildman–Crippen MR) is 154 cm³/mol.